The van der Waals surface area contributed by atoms with Crippen molar-refractivity contribution in [1.82, 2.24) is 10.2 Å². The Bertz CT molecular complexity index is 674. The van der Waals surface area contributed by atoms with Gasteiger partial charge in [-0.3, -0.25) is 0 Å². The van der Waals surface area contributed by atoms with Gasteiger partial charge in [-0.15, -0.1) is 10.2 Å². The van der Waals surface area contributed by atoms with Crippen LogP contribution in [0.15, 0.2) is 24.3 Å². The summed E-state index contributed by atoms with van der Waals surface area (Å²) in [6, 6.07) is 10.2. The number of benzene rings is 1. The molecule has 2 heterocycles. The minimum absolute atomic E-state index is 0.173. The SMILES string of the molecule is CC(N)C1CCN(c2c(C#N)nnc3ccccc23)C1. The number of fused-ring (bicyclic) bond motifs is 1. The summed E-state index contributed by atoms with van der Waals surface area (Å²) in [5.74, 6) is 0.466. The Morgan fingerprint density at radius 1 is 1.40 bits per heavy atom. The molecule has 2 atom stereocenters. The zero-order chi connectivity index (χ0) is 14.1. The Balaban J connectivity index is 2.08. The maximum absolute atomic E-state index is 9.31. The van der Waals surface area contributed by atoms with Crippen molar-refractivity contribution in [3.8, 4) is 6.07 Å². The zero-order valence-corrected chi connectivity index (χ0v) is 11.5. The quantitative estimate of drug-likeness (QED) is 0.895. The average Bonchev–Trinajstić information content (AvgIpc) is 2.95. The van der Waals surface area contributed by atoms with E-state index in [-0.39, 0.29) is 6.04 Å². The smallest absolute Gasteiger partial charge is 0.187 e. The first kappa shape index (κ1) is 12.8. The Morgan fingerprint density at radius 2 is 2.20 bits per heavy atom. The van der Waals surface area contributed by atoms with Crippen LogP contribution in [0.5, 0.6) is 0 Å². The highest BCUT2D eigenvalue weighted by atomic mass is 15.2. The maximum Gasteiger partial charge on any atom is 0.187 e. The molecule has 1 aromatic heterocycles. The molecule has 5 nitrogen and oxygen atoms in total. The van der Waals surface area contributed by atoms with Crippen molar-refractivity contribution in [2.45, 2.75) is 19.4 Å². The second-order valence-electron chi connectivity index (χ2n) is 5.38. The van der Waals surface area contributed by atoms with Gasteiger partial charge in [0.25, 0.3) is 0 Å². The Morgan fingerprint density at radius 3 is 2.90 bits per heavy atom. The van der Waals surface area contributed by atoms with E-state index in [0.717, 1.165) is 36.1 Å². The molecule has 5 heteroatoms. The molecule has 0 spiro atoms. The zero-order valence-electron chi connectivity index (χ0n) is 11.5. The van der Waals surface area contributed by atoms with Crippen LogP contribution in [0, 0.1) is 17.2 Å². The highest BCUT2D eigenvalue weighted by molar-refractivity contribution is 5.93. The van der Waals surface area contributed by atoms with E-state index < -0.39 is 0 Å². The number of rotatable bonds is 2. The van der Waals surface area contributed by atoms with E-state index in [9.17, 15) is 5.26 Å². The summed E-state index contributed by atoms with van der Waals surface area (Å²) in [4.78, 5) is 2.23. The van der Waals surface area contributed by atoms with Gasteiger partial charge in [-0.1, -0.05) is 18.2 Å². The van der Waals surface area contributed by atoms with Crippen molar-refractivity contribution >= 4 is 16.6 Å². The largest absolute Gasteiger partial charge is 0.368 e. The van der Waals surface area contributed by atoms with Crippen molar-refractivity contribution in [3.05, 3.63) is 30.0 Å². The van der Waals surface area contributed by atoms with Gasteiger partial charge in [-0.2, -0.15) is 5.26 Å². The van der Waals surface area contributed by atoms with Gasteiger partial charge >= 0.3 is 0 Å². The lowest BCUT2D eigenvalue weighted by Crippen LogP contribution is -2.30. The lowest BCUT2D eigenvalue weighted by Gasteiger charge is -2.21. The van der Waals surface area contributed by atoms with E-state index in [4.69, 9.17) is 5.73 Å². The number of nitriles is 1. The minimum Gasteiger partial charge on any atom is -0.368 e. The normalized spacial score (nSPS) is 20.1. The van der Waals surface area contributed by atoms with E-state index >= 15 is 0 Å². The Hall–Kier alpha value is -2.19. The van der Waals surface area contributed by atoms with Gasteiger partial charge in [-0.05, 0) is 25.3 Å². The Labute approximate surface area is 118 Å². The third kappa shape index (κ3) is 2.08. The summed E-state index contributed by atoms with van der Waals surface area (Å²) in [6.45, 7) is 3.83. The van der Waals surface area contributed by atoms with Gasteiger partial charge in [0, 0.05) is 24.5 Å². The number of hydrogen-bond acceptors (Lipinski definition) is 5. The molecule has 0 saturated carbocycles. The highest BCUT2D eigenvalue weighted by Gasteiger charge is 2.28. The molecule has 0 aliphatic carbocycles. The van der Waals surface area contributed by atoms with Crippen LogP contribution in [0.25, 0.3) is 10.9 Å². The standard InChI is InChI=1S/C15H17N5/c1-10(17)11-6-7-20(9-11)15-12-4-2-3-5-13(12)18-19-14(15)8-16/h2-5,10-11H,6-7,9,17H2,1H3. The molecule has 2 unspecified atom stereocenters. The van der Waals surface area contributed by atoms with Gasteiger partial charge in [0.15, 0.2) is 5.69 Å². The molecule has 0 amide bonds. The van der Waals surface area contributed by atoms with Crippen molar-refractivity contribution in [3.63, 3.8) is 0 Å². The topological polar surface area (TPSA) is 78.8 Å². The number of nitrogens with zero attached hydrogens (tertiary/aromatic N) is 4. The molecule has 0 bridgehead atoms. The van der Waals surface area contributed by atoms with Crippen LogP contribution in [0.4, 0.5) is 5.69 Å². The summed E-state index contributed by atoms with van der Waals surface area (Å²) in [6.07, 6.45) is 1.05. The monoisotopic (exact) mass is 267 g/mol. The van der Waals surface area contributed by atoms with Gasteiger partial charge in [0.05, 0.1) is 11.2 Å². The molecular weight excluding hydrogens is 250 g/mol. The number of anilines is 1. The first-order valence-electron chi connectivity index (χ1n) is 6.86. The van der Waals surface area contributed by atoms with Crippen LogP contribution in [-0.4, -0.2) is 29.3 Å². The molecule has 20 heavy (non-hydrogen) atoms. The molecular formula is C15H17N5. The van der Waals surface area contributed by atoms with Crippen LogP contribution in [0.3, 0.4) is 0 Å². The maximum atomic E-state index is 9.31. The number of hydrogen-bond donors (Lipinski definition) is 1. The number of aromatic nitrogens is 2. The summed E-state index contributed by atoms with van der Waals surface area (Å²) in [7, 11) is 0. The molecule has 2 aromatic rings. The lowest BCUT2D eigenvalue weighted by molar-refractivity contribution is 0.488. The van der Waals surface area contributed by atoms with Crippen molar-refractivity contribution in [1.29, 1.82) is 5.26 Å². The fourth-order valence-corrected chi connectivity index (χ4v) is 2.85. The first-order valence-corrected chi connectivity index (χ1v) is 6.86. The van der Waals surface area contributed by atoms with Crippen LogP contribution >= 0.6 is 0 Å². The summed E-state index contributed by atoms with van der Waals surface area (Å²) >= 11 is 0. The van der Waals surface area contributed by atoms with Gasteiger partial charge in [0.2, 0.25) is 0 Å². The fraction of sp³-hybridized carbons (Fsp3) is 0.400. The van der Waals surface area contributed by atoms with E-state index in [1.165, 1.54) is 0 Å². The molecule has 1 aliphatic heterocycles. The van der Waals surface area contributed by atoms with Crippen LogP contribution < -0.4 is 10.6 Å². The summed E-state index contributed by atoms with van der Waals surface area (Å²) in [5.41, 5.74) is 8.13. The summed E-state index contributed by atoms with van der Waals surface area (Å²) in [5, 5.41) is 18.5. The molecule has 3 rings (SSSR count). The van der Waals surface area contributed by atoms with Crippen molar-refractivity contribution in [2.75, 3.05) is 18.0 Å². The van der Waals surface area contributed by atoms with E-state index in [1.807, 2.05) is 31.2 Å². The molecule has 0 radical (unpaired) electrons. The molecule has 102 valence electrons. The van der Waals surface area contributed by atoms with Crippen LogP contribution in [0.2, 0.25) is 0 Å². The predicted octanol–water partition coefficient (Wildman–Crippen LogP) is 1.67. The van der Waals surface area contributed by atoms with Crippen molar-refractivity contribution < 1.29 is 0 Å². The molecule has 1 saturated heterocycles. The predicted molar refractivity (Wildman–Crippen MR) is 78.2 cm³/mol. The van der Waals surface area contributed by atoms with E-state index in [0.29, 0.717) is 11.6 Å². The van der Waals surface area contributed by atoms with E-state index in [2.05, 4.69) is 21.2 Å². The van der Waals surface area contributed by atoms with Gasteiger partial charge in [0.1, 0.15) is 6.07 Å². The minimum atomic E-state index is 0.173. The molecule has 1 fully saturated rings. The average molecular weight is 267 g/mol. The number of nitrogens with two attached hydrogens (primary N) is 1. The second kappa shape index (κ2) is 5.06. The van der Waals surface area contributed by atoms with Crippen LogP contribution in [-0.2, 0) is 0 Å². The third-order valence-electron chi connectivity index (χ3n) is 4.03. The lowest BCUT2D eigenvalue weighted by atomic mass is 10.0. The highest BCUT2D eigenvalue weighted by Crippen LogP contribution is 2.32. The second-order valence-corrected chi connectivity index (χ2v) is 5.38. The van der Waals surface area contributed by atoms with Gasteiger partial charge < -0.3 is 10.6 Å². The van der Waals surface area contributed by atoms with E-state index in [1.54, 1.807) is 0 Å². The fourth-order valence-electron chi connectivity index (χ4n) is 2.85. The van der Waals surface area contributed by atoms with Crippen molar-refractivity contribution in [2.24, 2.45) is 11.7 Å². The Kier molecular flexibility index (Phi) is 3.25. The molecule has 2 N–H and O–H groups in total. The summed E-state index contributed by atoms with van der Waals surface area (Å²) < 4.78 is 0. The van der Waals surface area contributed by atoms with Gasteiger partial charge in [-0.25, -0.2) is 0 Å². The third-order valence-corrected chi connectivity index (χ3v) is 4.03. The molecule has 1 aromatic carbocycles. The first-order chi connectivity index (χ1) is 9.70. The molecule has 1 aliphatic rings. The van der Waals surface area contributed by atoms with Crippen LogP contribution in [0.1, 0.15) is 19.0 Å².